The molecule has 0 radical (unpaired) electrons. The molecule has 0 N–H and O–H groups in total. The number of aromatic nitrogens is 1. The summed E-state index contributed by atoms with van der Waals surface area (Å²) in [6, 6.07) is 10.3. The molecule has 25 heavy (non-hydrogen) atoms. The van der Waals surface area contributed by atoms with Gasteiger partial charge in [0.15, 0.2) is 0 Å². The molecule has 2 nitrogen and oxygen atoms in total. The van der Waals surface area contributed by atoms with E-state index in [1.54, 1.807) is 4.57 Å². The zero-order valence-electron chi connectivity index (χ0n) is 15.1. The third kappa shape index (κ3) is 13.4. The molecule has 1 aromatic heterocycles. The lowest BCUT2D eigenvalue weighted by atomic mass is 10.2. The molecule has 0 unspecified atom stereocenters. The second-order valence-corrected chi connectivity index (χ2v) is 4.97. The van der Waals surface area contributed by atoms with Crippen LogP contribution in [0.5, 0.6) is 0 Å². The maximum absolute atomic E-state index is 11.4. The third-order valence-electron chi connectivity index (χ3n) is 2.50. The molecule has 0 fully saturated rings. The molecule has 0 spiro atoms. The molecule has 2 aromatic rings. The smallest absolute Gasteiger partial charge is 0.268 e. The van der Waals surface area contributed by atoms with E-state index in [0.717, 1.165) is 9.20 Å². The zero-order chi connectivity index (χ0) is 17.5. The molecule has 0 bridgehead atoms. The zero-order valence-corrected chi connectivity index (χ0v) is 16.0. The van der Waals surface area contributed by atoms with Gasteiger partial charge in [0.2, 0.25) is 0 Å². The van der Waals surface area contributed by atoms with Gasteiger partial charge < -0.3 is 0 Å². The van der Waals surface area contributed by atoms with Crippen LogP contribution in [-0.2, 0) is 6.54 Å². The summed E-state index contributed by atoms with van der Waals surface area (Å²) in [6.45, 7) is 18.4. The number of nitrogens with zero attached hydrogens (tertiary/aromatic N) is 1. The van der Waals surface area contributed by atoms with E-state index in [4.69, 9.17) is 0 Å². The van der Waals surface area contributed by atoms with Crippen LogP contribution in [0, 0.1) is 6.92 Å². The molecule has 2 rings (SSSR count). The third-order valence-corrected chi connectivity index (χ3v) is 3.59. The highest BCUT2D eigenvalue weighted by atomic mass is 32.1. The largest absolute Gasteiger partial charge is 0.300 e. The molecular weight excluding hydrogens is 326 g/mol. The number of hydrogen-bond acceptors (Lipinski definition) is 2. The number of benzene rings is 1. The SMILES string of the molecule is C.C.C.C=c1s/c(=C\C)c(=O)n1CC.CC.CC.Cc1ccccc1. The molecule has 0 amide bonds. The van der Waals surface area contributed by atoms with Crippen molar-refractivity contribution in [2.75, 3.05) is 0 Å². The summed E-state index contributed by atoms with van der Waals surface area (Å²) in [7, 11) is 0. The van der Waals surface area contributed by atoms with Gasteiger partial charge in [-0.1, -0.05) is 98.5 Å². The molecule has 0 saturated heterocycles. The van der Waals surface area contributed by atoms with Crippen molar-refractivity contribution in [2.24, 2.45) is 0 Å². The fourth-order valence-corrected chi connectivity index (χ4v) is 2.40. The van der Waals surface area contributed by atoms with E-state index >= 15 is 0 Å². The monoisotopic (exact) mass is 369 g/mol. The fourth-order valence-electron chi connectivity index (χ4n) is 1.51. The van der Waals surface area contributed by atoms with Crippen LogP contribution in [0.1, 0.15) is 69.4 Å². The molecule has 0 aliphatic rings. The van der Waals surface area contributed by atoms with Crippen LogP contribution in [0.3, 0.4) is 0 Å². The summed E-state index contributed by atoms with van der Waals surface area (Å²) in [5, 5.41) is 0. The molecule has 0 saturated carbocycles. The number of thiazole rings is 1. The first-order valence-corrected chi connectivity index (χ1v) is 8.78. The summed E-state index contributed by atoms with van der Waals surface area (Å²) in [4.78, 5) is 11.4. The van der Waals surface area contributed by atoms with E-state index in [-0.39, 0.29) is 27.8 Å². The van der Waals surface area contributed by atoms with E-state index in [1.807, 2.05) is 65.8 Å². The summed E-state index contributed by atoms with van der Waals surface area (Å²) in [5.41, 5.74) is 1.41. The van der Waals surface area contributed by atoms with Crippen molar-refractivity contribution in [1.29, 1.82) is 0 Å². The first kappa shape index (κ1) is 34.7. The van der Waals surface area contributed by atoms with Gasteiger partial charge in [-0.15, -0.1) is 11.3 Å². The van der Waals surface area contributed by atoms with Crippen LogP contribution in [0.2, 0.25) is 0 Å². The Bertz CT molecular complexity index is 639. The van der Waals surface area contributed by atoms with Crippen molar-refractivity contribution >= 4 is 24.0 Å². The highest BCUT2D eigenvalue weighted by Gasteiger charge is 1.97. The van der Waals surface area contributed by atoms with Gasteiger partial charge in [-0.3, -0.25) is 9.36 Å². The van der Waals surface area contributed by atoms with Crippen molar-refractivity contribution in [3.8, 4) is 0 Å². The van der Waals surface area contributed by atoms with Gasteiger partial charge >= 0.3 is 0 Å². The normalized spacial score (nSPS) is 8.36. The topological polar surface area (TPSA) is 22.0 Å². The Kier molecular flexibility index (Phi) is 31.1. The minimum Gasteiger partial charge on any atom is -0.300 e. The number of aryl methyl sites for hydroxylation is 1. The van der Waals surface area contributed by atoms with Gasteiger partial charge in [0, 0.05) is 6.54 Å². The number of hydrogen-bond donors (Lipinski definition) is 0. The van der Waals surface area contributed by atoms with Crippen molar-refractivity contribution in [3.05, 3.63) is 55.4 Å². The fraction of sp³-hybridized carbons (Fsp3) is 0.500. The maximum atomic E-state index is 11.4. The Morgan fingerprint density at radius 1 is 1.04 bits per heavy atom. The average Bonchev–Trinajstić information content (AvgIpc) is 2.86. The van der Waals surface area contributed by atoms with Crippen LogP contribution in [0.4, 0.5) is 0 Å². The molecule has 0 atom stereocenters. The van der Waals surface area contributed by atoms with E-state index in [2.05, 4.69) is 25.6 Å². The maximum Gasteiger partial charge on any atom is 0.268 e. The van der Waals surface area contributed by atoms with E-state index in [0.29, 0.717) is 6.54 Å². The Hall–Kier alpha value is -1.61. The lowest BCUT2D eigenvalue weighted by Gasteiger charge is -1.90. The summed E-state index contributed by atoms with van der Waals surface area (Å²) < 4.78 is 3.31. The summed E-state index contributed by atoms with van der Waals surface area (Å²) in [6.07, 6.45) is 1.83. The van der Waals surface area contributed by atoms with Crippen molar-refractivity contribution in [3.63, 3.8) is 0 Å². The molecule has 0 aliphatic carbocycles. The Morgan fingerprint density at radius 2 is 1.48 bits per heavy atom. The first-order chi connectivity index (χ1) is 10.6. The van der Waals surface area contributed by atoms with E-state index in [9.17, 15) is 4.79 Å². The average molecular weight is 370 g/mol. The molecule has 3 heteroatoms. The van der Waals surface area contributed by atoms with Crippen LogP contribution in [-0.4, -0.2) is 4.57 Å². The Labute approximate surface area is 161 Å². The van der Waals surface area contributed by atoms with Crippen LogP contribution < -0.4 is 14.8 Å². The Balaban J connectivity index is -0.0000000841. The second kappa shape index (κ2) is 22.4. The van der Waals surface area contributed by atoms with Crippen molar-refractivity contribution < 1.29 is 0 Å². The molecule has 148 valence electrons. The predicted molar refractivity (Wildman–Crippen MR) is 123 cm³/mol. The van der Waals surface area contributed by atoms with E-state index in [1.165, 1.54) is 16.9 Å². The van der Waals surface area contributed by atoms with Gasteiger partial charge in [0.25, 0.3) is 5.56 Å². The van der Waals surface area contributed by atoms with Crippen molar-refractivity contribution in [2.45, 2.75) is 77.3 Å². The predicted octanol–water partition coefficient (Wildman–Crippen LogP) is 6.10. The van der Waals surface area contributed by atoms with Crippen molar-refractivity contribution in [1.82, 2.24) is 4.57 Å². The molecule has 1 aromatic carbocycles. The summed E-state index contributed by atoms with van der Waals surface area (Å²) >= 11 is 1.45. The lowest BCUT2D eigenvalue weighted by Crippen LogP contribution is -2.29. The Morgan fingerprint density at radius 3 is 1.68 bits per heavy atom. The highest BCUT2D eigenvalue weighted by Crippen LogP contribution is 1.92. The van der Waals surface area contributed by atoms with Crippen LogP contribution in [0.15, 0.2) is 35.1 Å². The quantitative estimate of drug-likeness (QED) is 0.595. The minimum absolute atomic E-state index is 0. The molecule has 1 heterocycles. The van der Waals surface area contributed by atoms with E-state index < -0.39 is 0 Å². The van der Waals surface area contributed by atoms with Crippen LogP contribution in [0.25, 0.3) is 12.7 Å². The minimum atomic E-state index is 0. The van der Waals surface area contributed by atoms with Gasteiger partial charge in [-0.2, -0.15) is 0 Å². The highest BCUT2D eigenvalue weighted by molar-refractivity contribution is 7.07. The van der Waals surface area contributed by atoms with Gasteiger partial charge in [-0.25, -0.2) is 0 Å². The van der Waals surface area contributed by atoms with Gasteiger partial charge in [-0.05, 0) is 20.8 Å². The van der Waals surface area contributed by atoms with Gasteiger partial charge in [0.05, 0.1) is 9.20 Å². The second-order valence-electron chi connectivity index (χ2n) is 3.85. The van der Waals surface area contributed by atoms with Crippen LogP contribution >= 0.6 is 11.3 Å². The van der Waals surface area contributed by atoms with Gasteiger partial charge in [0.1, 0.15) is 0 Å². The standard InChI is InChI=1S/C8H11NOS.C7H8.2C2H6.3CH4/c1-4-7-8(10)9(5-2)6(3)11-7;1-7-5-3-2-4-6-7;2*1-2;;;/h4H,3,5H2,1-2H3;2-6H,1H3;2*1-2H3;3*1H4/b7-4-;;;;;;. The summed E-state index contributed by atoms with van der Waals surface area (Å²) in [5.74, 6) is 0. The number of rotatable bonds is 1. The lowest BCUT2D eigenvalue weighted by molar-refractivity contribution is 0.724. The first-order valence-electron chi connectivity index (χ1n) is 7.96. The molecule has 0 aliphatic heterocycles. The molecular formula is C22H43NOS.